The van der Waals surface area contributed by atoms with Gasteiger partial charge in [-0.3, -0.25) is 4.79 Å². The normalized spacial score (nSPS) is 13.7. The summed E-state index contributed by atoms with van der Waals surface area (Å²) in [6.45, 7) is 3.55. The number of fused-ring (bicyclic) bond motifs is 1. The van der Waals surface area contributed by atoms with E-state index < -0.39 is 30.0 Å². The van der Waals surface area contributed by atoms with Crippen molar-refractivity contribution in [3.8, 4) is 28.5 Å². The Bertz CT molecular complexity index is 1200. The number of aromatic nitrogens is 3. The molecule has 1 atom stereocenters. The zero-order valence-electron chi connectivity index (χ0n) is 20.3. The van der Waals surface area contributed by atoms with Crippen molar-refractivity contribution in [2.24, 2.45) is 5.73 Å². The summed E-state index contributed by atoms with van der Waals surface area (Å²) in [6.07, 6.45) is 5.47. The Hall–Kier alpha value is -3.47. The van der Waals surface area contributed by atoms with Gasteiger partial charge in [0.25, 0.3) is 5.91 Å². The van der Waals surface area contributed by atoms with Crippen LogP contribution in [0.4, 0.5) is 8.78 Å². The third kappa shape index (κ3) is 6.36. The van der Waals surface area contributed by atoms with E-state index in [1.54, 1.807) is 33.8 Å². The molecule has 0 bridgehead atoms. The molecule has 0 saturated heterocycles. The summed E-state index contributed by atoms with van der Waals surface area (Å²) in [4.78, 5) is 16.1. The lowest BCUT2D eigenvalue weighted by Gasteiger charge is -2.27. The van der Waals surface area contributed by atoms with E-state index in [1.165, 1.54) is 49.2 Å². The van der Waals surface area contributed by atoms with Gasteiger partial charge in [-0.05, 0) is 39.8 Å². The van der Waals surface area contributed by atoms with E-state index in [0.717, 1.165) is 0 Å². The molecule has 0 aliphatic heterocycles. The summed E-state index contributed by atoms with van der Waals surface area (Å²) in [7, 11) is 1.28. The first-order chi connectivity index (χ1) is 16.4. The van der Waals surface area contributed by atoms with Crippen LogP contribution < -0.4 is 19.9 Å². The molecule has 9 nitrogen and oxygen atoms in total. The number of hydrogen-bond acceptors (Lipinski definition) is 7. The largest absolute Gasteiger partial charge is 0.496 e. The molecular weight excluding hydrogens is 462 g/mol. The summed E-state index contributed by atoms with van der Waals surface area (Å²) < 4.78 is 42.9. The zero-order valence-corrected chi connectivity index (χ0v) is 20.3. The topological polar surface area (TPSA) is 121 Å². The van der Waals surface area contributed by atoms with Gasteiger partial charge in [-0.1, -0.05) is 19.3 Å². The molecule has 0 spiro atoms. The molecule has 2 heterocycles. The zero-order chi connectivity index (χ0) is 25.9. The number of carbonyl (C=O) groups excluding carboxylic acids is 1. The molecule has 1 fully saturated rings. The number of imidazole rings is 1. The van der Waals surface area contributed by atoms with Crippen molar-refractivity contribution in [3.63, 3.8) is 0 Å². The summed E-state index contributed by atoms with van der Waals surface area (Å²) in [5.74, 6) is -0.990. The van der Waals surface area contributed by atoms with Gasteiger partial charge in [0.1, 0.15) is 34.6 Å². The highest BCUT2D eigenvalue weighted by Gasteiger charge is 2.26. The number of nitrogens with zero attached hydrogens (tertiary/aromatic N) is 3. The minimum atomic E-state index is -3.17. The molecule has 4 rings (SSSR count). The van der Waals surface area contributed by atoms with E-state index in [2.05, 4.69) is 14.8 Å². The average molecular weight is 493 g/mol. The van der Waals surface area contributed by atoms with Crippen LogP contribution >= 0.6 is 0 Å². The van der Waals surface area contributed by atoms with Crippen molar-refractivity contribution in [1.82, 2.24) is 14.6 Å². The second kappa shape index (κ2) is 10.4. The van der Waals surface area contributed by atoms with Crippen LogP contribution in [0, 0.1) is 6.92 Å². The number of alkyl halides is 2. The van der Waals surface area contributed by atoms with Gasteiger partial charge in [-0.15, -0.1) is 0 Å². The summed E-state index contributed by atoms with van der Waals surface area (Å²) in [5, 5.41) is 14.6. The molecule has 35 heavy (non-hydrogen) atoms. The predicted molar refractivity (Wildman–Crippen MR) is 125 cm³/mol. The maximum absolute atomic E-state index is 12.9. The Labute approximate surface area is 201 Å². The van der Waals surface area contributed by atoms with Gasteiger partial charge >= 0.3 is 6.61 Å². The highest BCUT2D eigenvalue weighted by molar-refractivity contribution is 5.99. The van der Waals surface area contributed by atoms with Crippen molar-refractivity contribution < 1.29 is 32.9 Å². The van der Waals surface area contributed by atoms with Crippen molar-refractivity contribution in [3.05, 3.63) is 35.7 Å². The number of carbonyl (C=O) groups is 1. The first-order valence-corrected chi connectivity index (χ1v) is 11.1. The maximum Gasteiger partial charge on any atom is 0.387 e. The number of amides is 1. The Morgan fingerprint density at radius 3 is 2.29 bits per heavy atom. The highest BCUT2D eigenvalue weighted by atomic mass is 19.3. The number of primary amides is 1. The van der Waals surface area contributed by atoms with Crippen LogP contribution in [0.15, 0.2) is 24.4 Å². The fourth-order valence-electron chi connectivity index (χ4n) is 2.97. The van der Waals surface area contributed by atoms with Crippen molar-refractivity contribution in [2.45, 2.75) is 65.3 Å². The molecule has 1 saturated carbocycles. The number of benzene rings is 1. The van der Waals surface area contributed by atoms with E-state index in [-0.39, 0.29) is 11.3 Å². The molecule has 3 aromatic rings. The molecule has 1 aliphatic rings. The standard InChI is InChI=1S/C21H24F2N4O5.C3H6/c1-10-14(31-11(2)21(3,4)29)8-17-25-9-13(27(17)26-10)12-6-15(30-5)18(19(24)28)16(7-12)32-20(22)23;1-2-3-1/h6-9,11,20,29H,1-5H3,(H2,24,28);1-3H2. The number of aliphatic hydroxyl groups is 1. The van der Waals surface area contributed by atoms with Gasteiger partial charge in [-0.2, -0.15) is 13.9 Å². The summed E-state index contributed by atoms with van der Waals surface area (Å²) >= 11 is 0. The monoisotopic (exact) mass is 492 g/mol. The predicted octanol–water partition coefficient (Wildman–Crippen LogP) is 4.12. The third-order valence-corrected chi connectivity index (χ3v) is 5.33. The van der Waals surface area contributed by atoms with Gasteiger partial charge in [0.15, 0.2) is 5.65 Å². The van der Waals surface area contributed by atoms with Crippen LogP contribution in [0.5, 0.6) is 17.2 Å². The lowest BCUT2D eigenvalue weighted by Crippen LogP contribution is -2.38. The summed E-state index contributed by atoms with van der Waals surface area (Å²) in [6, 6.07) is 4.36. The molecule has 1 aromatic carbocycles. The fourth-order valence-corrected chi connectivity index (χ4v) is 2.97. The fraction of sp³-hybridized carbons (Fsp3) is 0.458. The lowest BCUT2D eigenvalue weighted by molar-refractivity contribution is -0.0502. The molecule has 1 aliphatic carbocycles. The number of ether oxygens (including phenoxy) is 3. The molecule has 0 radical (unpaired) electrons. The Morgan fingerprint density at radius 2 is 1.77 bits per heavy atom. The minimum absolute atomic E-state index is 0.0312. The third-order valence-electron chi connectivity index (χ3n) is 5.33. The second-order valence-electron chi connectivity index (χ2n) is 8.78. The van der Waals surface area contributed by atoms with Gasteiger partial charge in [0, 0.05) is 11.6 Å². The van der Waals surface area contributed by atoms with E-state index in [0.29, 0.717) is 28.3 Å². The van der Waals surface area contributed by atoms with Crippen molar-refractivity contribution in [1.29, 1.82) is 0 Å². The SMILES string of the molecule is C1CC1.COc1cc(-c2cnc3cc(OC(C)C(C)(C)O)c(C)nn23)cc(OC(F)F)c1C(N)=O. The van der Waals surface area contributed by atoms with Crippen LogP contribution in [0.1, 0.15) is 56.1 Å². The van der Waals surface area contributed by atoms with E-state index in [9.17, 15) is 18.7 Å². The smallest absolute Gasteiger partial charge is 0.387 e. The van der Waals surface area contributed by atoms with Crippen LogP contribution in [-0.4, -0.2) is 51.0 Å². The molecular formula is C24H30F2N4O5. The average Bonchev–Trinajstić information content (AvgIpc) is 3.59. The molecule has 11 heteroatoms. The molecule has 3 N–H and O–H groups in total. The second-order valence-corrected chi connectivity index (χ2v) is 8.78. The number of nitrogens with two attached hydrogens (primary N) is 1. The number of aryl methyl sites for hydroxylation is 1. The minimum Gasteiger partial charge on any atom is -0.496 e. The van der Waals surface area contributed by atoms with E-state index >= 15 is 0 Å². The number of methoxy groups -OCH3 is 1. The van der Waals surface area contributed by atoms with Gasteiger partial charge < -0.3 is 25.1 Å². The first-order valence-electron chi connectivity index (χ1n) is 11.1. The Balaban J connectivity index is 0.00000106. The molecule has 190 valence electrons. The van der Waals surface area contributed by atoms with Crippen LogP contribution in [0.2, 0.25) is 0 Å². The molecule has 2 aromatic heterocycles. The number of rotatable bonds is 8. The van der Waals surface area contributed by atoms with Gasteiger partial charge in [-0.25, -0.2) is 9.50 Å². The van der Waals surface area contributed by atoms with Gasteiger partial charge in [0.2, 0.25) is 0 Å². The Morgan fingerprint density at radius 1 is 1.14 bits per heavy atom. The highest BCUT2D eigenvalue weighted by Crippen LogP contribution is 2.36. The first kappa shape index (κ1) is 26.1. The lowest BCUT2D eigenvalue weighted by atomic mass is 10.0. The van der Waals surface area contributed by atoms with Crippen LogP contribution in [0.25, 0.3) is 16.9 Å². The van der Waals surface area contributed by atoms with Crippen molar-refractivity contribution >= 4 is 11.6 Å². The van der Waals surface area contributed by atoms with Gasteiger partial charge in [0.05, 0.1) is 24.6 Å². The van der Waals surface area contributed by atoms with Crippen LogP contribution in [0.3, 0.4) is 0 Å². The van der Waals surface area contributed by atoms with Crippen molar-refractivity contribution in [2.75, 3.05) is 7.11 Å². The van der Waals surface area contributed by atoms with E-state index in [4.69, 9.17) is 15.2 Å². The number of hydrogen-bond donors (Lipinski definition) is 2. The quantitative estimate of drug-likeness (QED) is 0.485. The van der Waals surface area contributed by atoms with Crippen LogP contribution in [-0.2, 0) is 0 Å². The maximum atomic E-state index is 12.9. The Kier molecular flexibility index (Phi) is 7.79. The summed E-state index contributed by atoms with van der Waals surface area (Å²) in [5.41, 5.74) is 5.67. The molecule has 1 amide bonds. The van der Waals surface area contributed by atoms with E-state index in [1.807, 2.05) is 0 Å². The number of halogens is 2. The molecule has 1 unspecified atom stereocenters.